The Bertz CT molecular complexity index is 596. The fraction of sp³-hybridized carbons (Fsp3) is 0.412. The summed E-state index contributed by atoms with van der Waals surface area (Å²) in [5.41, 5.74) is 0.952. The second-order valence-electron chi connectivity index (χ2n) is 5.91. The van der Waals surface area contributed by atoms with Gasteiger partial charge in [0, 0.05) is 25.0 Å². The van der Waals surface area contributed by atoms with Crippen LogP contribution in [0.4, 0.5) is 0 Å². The Morgan fingerprint density at radius 1 is 1.32 bits per heavy atom. The lowest BCUT2D eigenvalue weighted by Crippen LogP contribution is -2.48. The topological polar surface area (TPSA) is 50.2 Å². The highest BCUT2D eigenvalue weighted by molar-refractivity contribution is 5.83. The number of likely N-dealkylation sites (N-methyl/N-ethyl adjacent to an activating group) is 1. The molecule has 3 rings (SSSR count). The van der Waals surface area contributed by atoms with Crippen molar-refractivity contribution < 1.29 is 4.79 Å². The minimum absolute atomic E-state index is 0.00944. The largest absolute Gasteiger partial charge is 0.350 e. The van der Waals surface area contributed by atoms with E-state index in [2.05, 4.69) is 22.4 Å². The molecule has 0 saturated carbocycles. The highest BCUT2D eigenvalue weighted by Gasteiger charge is 2.26. The minimum atomic E-state index is -0.413. The molecule has 5 nitrogen and oxygen atoms in total. The van der Waals surface area contributed by atoms with Crippen molar-refractivity contribution in [3.05, 3.63) is 54.4 Å². The van der Waals surface area contributed by atoms with Crippen molar-refractivity contribution in [3.8, 4) is 0 Å². The summed E-state index contributed by atoms with van der Waals surface area (Å²) >= 11 is 0. The number of hydrogen-bond acceptors (Lipinski definition) is 3. The Labute approximate surface area is 130 Å². The molecule has 0 bridgehead atoms. The molecular formula is C17H22N4O. The molecule has 2 heterocycles. The van der Waals surface area contributed by atoms with Crippen molar-refractivity contribution in [2.75, 3.05) is 20.1 Å². The zero-order valence-corrected chi connectivity index (χ0v) is 12.9. The van der Waals surface area contributed by atoms with Gasteiger partial charge in [0.25, 0.3) is 0 Å². The maximum Gasteiger partial charge on any atom is 0.249 e. The van der Waals surface area contributed by atoms with Crippen molar-refractivity contribution in [3.63, 3.8) is 0 Å². The Morgan fingerprint density at radius 3 is 2.82 bits per heavy atom. The van der Waals surface area contributed by atoms with E-state index in [1.54, 1.807) is 10.9 Å². The molecule has 2 aromatic rings. The Hall–Kier alpha value is -2.14. The first kappa shape index (κ1) is 14.8. The number of rotatable bonds is 4. The maximum atomic E-state index is 12.8. The molecule has 1 saturated heterocycles. The Kier molecular flexibility index (Phi) is 4.53. The van der Waals surface area contributed by atoms with Crippen molar-refractivity contribution in [1.29, 1.82) is 0 Å². The van der Waals surface area contributed by atoms with Crippen molar-refractivity contribution >= 4 is 5.91 Å². The van der Waals surface area contributed by atoms with Crippen LogP contribution in [0, 0.1) is 0 Å². The summed E-state index contributed by atoms with van der Waals surface area (Å²) < 4.78 is 1.72. The van der Waals surface area contributed by atoms with Crippen molar-refractivity contribution in [1.82, 2.24) is 20.0 Å². The van der Waals surface area contributed by atoms with Crippen LogP contribution in [0.5, 0.6) is 0 Å². The predicted molar refractivity (Wildman–Crippen MR) is 85.5 cm³/mol. The van der Waals surface area contributed by atoms with E-state index in [1.165, 1.54) is 0 Å². The standard InChI is InChI=1S/C17H22N4O/c1-20-11-5-9-15(13-20)19-17(22)16(21-12-6-10-18-21)14-7-3-2-4-8-14/h2-4,6-8,10,12,15-16H,5,9,11,13H2,1H3,(H,19,22)/t15-,16+/m1/s1. The summed E-state index contributed by atoms with van der Waals surface area (Å²) in [6.45, 7) is 2.01. The molecule has 1 amide bonds. The maximum absolute atomic E-state index is 12.8. The number of carbonyl (C=O) groups is 1. The van der Waals surface area contributed by atoms with Gasteiger partial charge in [-0.3, -0.25) is 9.48 Å². The van der Waals surface area contributed by atoms with Gasteiger partial charge >= 0.3 is 0 Å². The number of likely N-dealkylation sites (tertiary alicyclic amines) is 1. The fourth-order valence-corrected chi connectivity index (χ4v) is 3.06. The molecule has 5 heteroatoms. The number of carbonyl (C=O) groups excluding carboxylic acids is 1. The van der Waals surface area contributed by atoms with Gasteiger partial charge in [0.1, 0.15) is 0 Å². The van der Waals surface area contributed by atoms with Crippen LogP contribution in [0.15, 0.2) is 48.8 Å². The number of nitrogens with zero attached hydrogens (tertiary/aromatic N) is 3. The second kappa shape index (κ2) is 6.75. The summed E-state index contributed by atoms with van der Waals surface area (Å²) in [5.74, 6) is 0.00944. The van der Waals surface area contributed by atoms with Crippen LogP contribution in [0.3, 0.4) is 0 Å². The van der Waals surface area contributed by atoms with Crippen LogP contribution >= 0.6 is 0 Å². The highest BCUT2D eigenvalue weighted by Crippen LogP contribution is 2.18. The Balaban J connectivity index is 1.79. The average molecular weight is 298 g/mol. The normalized spacial score (nSPS) is 20.5. The monoisotopic (exact) mass is 298 g/mol. The van der Waals surface area contributed by atoms with E-state index < -0.39 is 6.04 Å². The van der Waals surface area contributed by atoms with Crippen LogP contribution in [-0.2, 0) is 4.79 Å². The van der Waals surface area contributed by atoms with E-state index in [9.17, 15) is 4.79 Å². The molecule has 116 valence electrons. The Morgan fingerprint density at radius 2 is 2.14 bits per heavy atom. The molecule has 0 spiro atoms. The first-order chi connectivity index (χ1) is 10.7. The zero-order valence-electron chi connectivity index (χ0n) is 12.9. The molecule has 1 aliphatic rings. The molecular weight excluding hydrogens is 276 g/mol. The van der Waals surface area contributed by atoms with Crippen molar-refractivity contribution in [2.24, 2.45) is 0 Å². The van der Waals surface area contributed by atoms with Gasteiger partial charge in [-0.2, -0.15) is 5.10 Å². The lowest BCUT2D eigenvalue weighted by atomic mass is 10.0. The highest BCUT2D eigenvalue weighted by atomic mass is 16.2. The van der Waals surface area contributed by atoms with Gasteiger partial charge in [-0.25, -0.2) is 0 Å². The lowest BCUT2D eigenvalue weighted by Gasteiger charge is -2.31. The smallest absolute Gasteiger partial charge is 0.249 e. The molecule has 22 heavy (non-hydrogen) atoms. The van der Waals surface area contributed by atoms with E-state index in [4.69, 9.17) is 0 Å². The van der Waals surface area contributed by atoms with E-state index in [0.717, 1.165) is 31.5 Å². The lowest BCUT2D eigenvalue weighted by molar-refractivity contribution is -0.124. The van der Waals surface area contributed by atoms with Gasteiger partial charge < -0.3 is 10.2 Å². The van der Waals surface area contributed by atoms with Gasteiger partial charge in [0.2, 0.25) is 5.91 Å². The van der Waals surface area contributed by atoms with Crippen molar-refractivity contribution in [2.45, 2.75) is 24.9 Å². The second-order valence-corrected chi connectivity index (χ2v) is 5.91. The third-order valence-corrected chi connectivity index (χ3v) is 4.12. The molecule has 1 aromatic carbocycles. The van der Waals surface area contributed by atoms with Crippen LogP contribution in [0.25, 0.3) is 0 Å². The SMILES string of the molecule is CN1CCC[C@@H](NC(=O)[C@H](c2ccccc2)n2cccn2)C1. The number of aromatic nitrogens is 2. The fourth-order valence-electron chi connectivity index (χ4n) is 3.06. The number of amides is 1. The number of hydrogen-bond donors (Lipinski definition) is 1. The molecule has 0 unspecified atom stereocenters. The van der Waals surface area contributed by atoms with Crippen LogP contribution in [0.1, 0.15) is 24.4 Å². The first-order valence-electron chi connectivity index (χ1n) is 7.77. The number of benzene rings is 1. The van der Waals surface area contributed by atoms with E-state index in [0.29, 0.717) is 0 Å². The third kappa shape index (κ3) is 3.36. The summed E-state index contributed by atoms with van der Waals surface area (Å²) in [6.07, 6.45) is 5.71. The van der Waals surface area contributed by atoms with Gasteiger partial charge in [0.05, 0.1) is 0 Å². The van der Waals surface area contributed by atoms with Gasteiger partial charge in [-0.1, -0.05) is 30.3 Å². The van der Waals surface area contributed by atoms with Crippen LogP contribution in [0.2, 0.25) is 0 Å². The van der Waals surface area contributed by atoms with Gasteiger partial charge in [-0.05, 0) is 38.1 Å². The molecule has 1 fully saturated rings. The molecule has 0 aliphatic carbocycles. The molecule has 2 atom stereocenters. The third-order valence-electron chi connectivity index (χ3n) is 4.12. The predicted octanol–water partition coefficient (Wildman–Crippen LogP) is 1.68. The summed E-state index contributed by atoms with van der Waals surface area (Å²) in [5, 5.41) is 7.46. The molecule has 0 radical (unpaired) electrons. The summed E-state index contributed by atoms with van der Waals surface area (Å²) in [4.78, 5) is 15.1. The van der Waals surface area contributed by atoms with E-state index >= 15 is 0 Å². The molecule has 1 aliphatic heterocycles. The molecule has 1 N–H and O–H groups in total. The van der Waals surface area contributed by atoms with E-state index in [-0.39, 0.29) is 11.9 Å². The van der Waals surface area contributed by atoms with Gasteiger partial charge in [0.15, 0.2) is 6.04 Å². The minimum Gasteiger partial charge on any atom is -0.350 e. The first-order valence-corrected chi connectivity index (χ1v) is 7.77. The zero-order chi connectivity index (χ0) is 15.4. The average Bonchev–Trinajstić information content (AvgIpc) is 3.02. The van der Waals surface area contributed by atoms with Crippen LogP contribution < -0.4 is 5.32 Å². The van der Waals surface area contributed by atoms with Gasteiger partial charge in [-0.15, -0.1) is 0 Å². The summed E-state index contributed by atoms with van der Waals surface area (Å²) in [7, 11) is 2.10. The summed E-state index contributed by atoms with van der Waals surface area (Å²) in [6, 6.07) is 11.4. The number of piperidine rings is 1. The van der Waals surface area contributed by atoms with Crippen LogP contribution in [-0.4, -0.2) is 46.8 Å². The van der Waals surface area contributed by atoms with E-state index in [1.807, 2.05) is 42.6 Å². The number of nitrogens with one attached hydrogen (secondary N) is 1. The molecule has 1 aromatic heterocycles. The quantitative estimate of drug-likeness (QED) is 0.934.